The van der Waals surface area contributed by atoms with E-state index in [1.165, 1.54) is 36.9 Å². The number of hydrogen-bond donors (Lipinski definition) is 1. The highest BCUT2D eigenvalue weighted by molar-refractivity contribution is 5.28. The molecule has 0 amide bonds. The van der Waals surface area contributed by atoms with Crippen molar-refractivity contribution in [3.05, 3.63) is 35.4 Å². The SMILES string of the molecule is CCC1CCN(C(C)c2ccccc2C)C(CN)C1. The number of likely N-dealkylation sites (tertiary alicyclic amines) is 1. The number of benzene rings is 1. The molecule has 0 aliphatic carbocycles. The minimum atomic E-state index is 0.479. The summed E-state index contributed by atoms with van der Waals surface area (Å²) in [7, 11) is 0. The van der Waals surface area contributed by atoms with Gasteiger partial charge < -0.3 is 5.73 Å². The molecule has 2 N–H and O–H groups in total. The van der Waals surface area contributed by atoms with Crippen molar-refractivity contribution in [2.24, 2.45) is 11.7 Å². The molecule has 0 aromatic heterocycles. The lowest BCUT2D eigenvalue weighted by Gasteiger charge is -2.43. The number of nitrogens with zero attached hydrogens (tertiary/aromatic N) is 1. The lowest BCUT2D eigenvalue weighted by molar-refractivity contribution is 0.0770. The lowest BCUT2D eigenvalue weighted by Crippen LogP contribution is -2.47. The lowest BCUT2D eigenvalue weighted by atomic mass is 9.87. The van der Waals surface area contributed by atoms with E-state index in [1.807, 2.05) is 0 Å². The molecule has 1 aliphatic rings. The van der Waals surface area contributed by atoms with E-state index in [9.17, 15) is 0 Å². The first kappa shape index (κ1) is 14.5. The molecule has 0 saturated carbocycles. The van der Waals surface area contributed by atoms with E-state index in [0.29, 0.717) is 12.1 Å². The first-order chi connectivity index (χ1) is 9.17. The Morgan fingerprint density at radius 2 is 2.11 bits per heavy atom. The molecular weight excluding hydrogens is 232 g/mol. The summed E-state index contributed by atoms with van der Waals surface area (Å²) < 4.78 is 0. The van der Waals surface area contributed by atoms with Crippen molar-refractivity contribution in [2.45, 2.75) is 52.1 Å². The first-order valence-electron chi connectivity index (χ1n) is 7.68. The van der Waals surface area contributed by atoms with Gasteiger partial charge in [0.25, 0.3) is 0 Å². The zero-order chi connectivity index (χ0) is 13.8. The van der Waals surface area contributed by atoms with Crippen molar-refractivity contribution in [3.8, 4) is 0 Å². The van der Waals surface area contributed by atoms with Crippen LogP contribution in [0.15, 0.2) is 24.3 Å². The molecule has 19 heavy (non-hydrogen) atoms. The van der Waals surface area contributed by atoms with Crippen LogP contribution in [0.3, 0.4) is 0 Å². The summed E-state index contributed by atoms with van der Waals surface area (Å²) >= 11 is 0. The zero-order valence-electron chi connectivity index (χ0n) is 12.6. The van der Waals surface area contributed by atoms with Gasteiger partial charge in [0, 0.05) is 18.6 Å². The van der Waals surface area contributed by atoms with Crippen LogP contribution in [-0.2, 0) is 0 Å². The van der Waals surface area contributed by atoms with Crippen LogP contribution in [0.2, 0.25) is 0 Å². The summed E-state index contributed by atoms with van der Waals surface area (Å²) in [4.78, 5) is 2.62. The van der Waals surface area contributed by atoms with Crippen LogP contribution >= 0.6 is 0 Å². The number of aryl methyl sites for hydroxylation is 1. The smallest absolute Gasteiger partial charge is 0.0325 e. The summed E-state index contributed by atoms with van der Waals surface area (Å²) in [6, 6.07) is 9.77. The monoisotopic (exact) mass is 260 g/mol. The fraction of sp³-hybridized carbons (Fsp3) is 0.647. The topological polar surface area (TPSA) is 29.3 Å². The van der Waals surface area contributed by atoms with Gasteiger partial charge in [-0.2, -0.15) is 0 Å². The summed E-state index contributed by atoms with van der Waals surface area (Å²) in [6.45, 7) is 8.82. The Balaban J connectivity index is 2.14. The van der Waals surface area contributed by atoms with Crippen molar-refractivity contribution in [1.29, 1.82) is 0 Å². The third-order valence-corrected chi connectivity index (χ3v) is 4.86. The minimum absolute atomic E-state index is 0.479. The summed E-state index contributed by atoms with van der Waals surface area (Å²) in [6.07, 6.45) is 3.88. The van der Waals surface area contributed by atoms with E-state index in [4.69, 9.17) is 5.73 Å². The normalized spacial score (nSPS) is 26.3. The fourth-order valence-electron chi connectivity index (χ4n) is 3.50. The van der Waals surface area contributed by atoms with Crippen LogP contribution in [0.5, 0.6) is 0 Å². The molecule has 3 atom stereocenters. The van der Waals surface area contributed by atoms with Crippen LogP contribution in [0.25, 0.3) is 0 Å². The molecule has 3 unspecified atom stereocenters. The van der Waals surface area contributed by atoms with Gasteiger partial charge in [0.2, 0.25) is 0 Å². The van der Waals surface area contributed by atoms with Gasteiger partial charge in [-0.3, -0.25) is 4.90 Å². The Hall–Kier alpha value is -0.860. The number of nitrogens with two attached hydrogens (primary N) is 1. The van der Waals surface area contributed by atoms with E-state index >= 15 is 0 Å². The van der Waals surface area contributed by atoms with Gasteiger partial charge >= 0.3 is 0 Å². The van der Waals surface area contributed by atoms with E-state index < -0.39 is 0 Å². The van der Waals surface area contributed by atoms with Crippen LogP contribution in [-0.4, -0.2) is 24.0 Å². The molecule has 1 aromatic rings. The van der Waals surface area contributed by atoms with Crippen LogP contribution in [0.4, 0.5) is 0 Å². The van der Waals surface area contributed by atoms with Gasteiger partial charge in [-0.15, -0.1) is 0 Å². The van der Waals surface area contributed by atoms with Crippen molar-refractivity contribution in [2.75, 3.05) is 13.1 Å². The fourth-order valence-corrected chi connectivity index (χ4v) is 3.50. The van der Waals surface area contributed by atoms with E-state index in [0.717, 1.165) is 12.5 Å². The van der Waals surface area contributed by atoms with Crippen LogP contribution < -0.4 is 5.73 Å². The number of piperidine rings is 1. The highest BCUT2D eigenvalue weighted by Gasteiger charge is 2.30. The third kappa shape index (κ3) is 3.18. The van der Waals surface area contributed by atoms with Crippen molar-refractivity contribution in [1.82, 2.24) is 4.90 Å². The summed E-state index contributed by atoms with van der Waals surface area (Å²) in [5.41, 5.74) is 8.87. The Kier molecular flexibility index (Phi) is 5.00. The molecular formula is C17H28N2. The van der Waals surface area contributed by atoms with E-state index in [2.05, 4.69) is 49.9 Å². The van der Waals surface area contributed by atoms with Crippen molar-refractivity contribution >= 4 is 0 Å². The summed E-state index contributed by atoms with van der Waals surface area (Å²) in [5, 5.41) is 0. The Labute approximate surface area is 118 Å². The Bertz CT molecular complexity index is 402. The number of rotatable bonds is 4. The maximum atomic E-state index is 6.02. The minimum Gasteiger partial charge on any atom is -0.329 e. The number of hydrogen-bond acceptors (Lipinski definition) is 2. The Morgan fingerprint density at radius 1 is 1.37 bits per heavy atom. The second kappa shape index (κ2) is 6.53. The third-order valence-electron chi connectivity index (χ3n) is 4.86. The maximum absolute atomic E-state index is 6.02. The average Bonchev–Trinajstić information content (AvgIpc) is 2.46. The quantitative estimate of drug-likeness (QED) is 0.897. The molecule has 0 spiro atoms. The van der Waals surface area contributed by atoms with Gasteiger partial charge in [0.05, 0.1) is 0 Å². The summed E-state index contributed by atoms with van der Waals surface area (Å²) in [5.74, 6) is 0.869. The maximum Gasteiger partial charge on any atom is 0.0325 e. The molecule has 0 bridgehead atoms. The van der Waals surface area contributed by atoms with Crippen LogP contribution in [0.1, 0.15) is 50.3 Å². The van der Waals surface area contributed by atoms with Crippen molar-refractivity contribution < 1.29 is 0 Å². The molecule has 1 aliphatic heterocycles. The van der Waals surface area contributed by atoms with Crippen molar-refractivity contribution in [3.63, 3.8) is 0 Å². The molecule has 1 fully saturated rings. The standard InChI is InChI=1S/C17H28N2/c1-4-15-9-10-19(16(11-15)12-18)14(3)17-8-6-5-7-13(17)2/h5-8,14-16H,4,9-12,18H2,1-3H3. The molecule has 1 saturated heterocycles. The van der Waals surface area contributed by atoms with E-state index in [1.54, 1.807) is 0 Å². The molecule has 106 valence electrons. The van der Waals surface area contributed by atoms with Gasteiger partial charge in [-0.05, 0) is 50.3 Å². The average molecular weight is 260 g/mol. The van der Waals surface area contributed by atoms with E-state index in [-0.39, 0.29) is 0 Å². The second-order valence-electron chi connectivity index (χ2n) is 5.96. The van der Waals surface area contributed by atoms with Crippen LogP contribution in [0, 0.1) is 12.8 Å². The van der Waals surface area contributed by atoms with Gasteiger partial charge in [-0.25, -0.2) is 0 Å². The molecule has 2 nitrogen and oxygen atoms in total. The molecule has 2 rings (SSSR count). The highest BCUT2D eigenvalue weighted by atomic mass is 15.2. The van der Waals surface area contributed by atoms with Gasteiger partial charge in [0.1, 0.15) is 0 Å². The Morgan fingerprint density at radius 3 is 2.74 bits per heavy atom. The predicted molar refractivity (Wildman–Crippen MR) is 82.2 cm³/mol. The zero-order valence-corrected chi connectivity index (χ0v) is 12.6. The molecule has 1 heterocycles. The molecule has 0 radical (unpaired) electrons. The second-order valence-corrected chi connectivity index (χ2v) is 5.96. The predicted octanol–water partition coefficient (Wildman–Crippen LogP) is 3.51. The highest BCUT2D eigenvalue weighted by Crippen LogP contribution is 2.32. The first-order valence-corrected chi connectivity index (χ1v) is 7.68. The molecule has 2 heteroatoms. The largest absolute Gasteiger partial charge is 0.329 e. The van der Waals surface area contributed by atoms with Gasteiger partial charge in [-0.1, -0.05) is 37.6 Å². The molecule has 1 aromatic carbocycles. The van der Waals surface area contributed by atoms with Gasteiger partial charge in [0.15, 0.2) is 0 Å².